The normalized spacial score (nSPS) is 20.4. The molecule has 1 aliphatic heterocycles. The molecule has 3 rings (SSSR count). The van der Waals surface area contributed by atoms with Crippen molar-refractivity contribution in [3.63, 3.8) is 0 Å². The lowest BCUT2D eigenvalue weighted by Gasteiger charge is -2.42. The molecule has 0 aliphatic carbocycles. The number of amides is 1. The van der Waals surface area contributed by atoms with Crippen molar-refractivity contribution in [2.24, 2.45) is 0 Å². The van der Waals surface area contributed by atoms with Crippen molar-refractivity contribution in [2.75, 3.05) is 0 Å². The summed E-state index contributed by atoms with van der Waals surface area (Å²) in [7, 11) is -2.55. The molecule has 0 aromatic heterocycles. The van der Waals surface area contributed by atoms with Crippen molar-refractivity contribution in [2.45, 2.75) is 116 Å². The molecule has 0 radical (unpaired) electrons. The van der Waals surface area contributed by atoms with Crippen LogP contribution in [0.25, 0.3) is 0 Å². The molecule has 1 aliphatic rings. The van der Waals surface area contributed by atoms with Gasteiger partial charge in [-0.3, -0.25) is 4.79 Å². The van der Waals surface area contributed by atoms with E-state index in [4.69, 9.17) is 18.6 Å². The summed E-state index contributed by atoms with van der Waals surface area (Å²) < 4.78 is 24.6. The van der Waals surface area contributed by atoms with E-state index in [1.54, 1.807) is 26.0 Å². The minimum Gasteiger partial charge on any atom is -0.445 e. The van der Waals surface area contributed by atoms with E-state index in [1.165, 1.54) is 0 Å². The summed E-state index contributed by atoms with van der Waals surface area (Å²) in [5.41, 5.74) is 2.29. The van der Waals surface area contributed by atoms with Crippen LogP contribution < -0.4 is 5.32 Å². The van der Waals surface area contributed by atoms with Gasteiger partial charge in [0.1, 0.15) is 31.1 Å². The predicted octanol–water partition coefficient (Wildman–Crippen LogP) is 6.57. The van der Waals surface area contributed by atoms with Gasteiger partial charge in [-0.15, -0.1) is 0 Å². The van der Waals surface area contributed by atoms with Crippen molar-refractivity contribution < 1.29 is 33.0 Å². The second-order valence-electron chi connectivity index (χ2n) is 13.9. The Labute approximate surface area is 251 Å². The average Bonchev–Trinajstić information content (AvgIpc) is 3.23. The van der Waals surface area contributed by atoms with Crippen molar-refractivity contribution in [3.05, 3.63) is 71.3 Å². The zero-order valence-electron chi connectivity index (χ0n) is 26.6. The summed E-state index contributed by atoms with van der Waals surface area (Å²) in [5, 5.41) is 2.43. The highest BCUT2D eigenvalue weighted by molar-refractivity contribution is 6.74. The Hall–Kier alpha value is -2.85. The third kappa shape index (κ3) is 8.37. The number of carbonyl (C=O) groups is 3. The van der Waals surface area contributed by atoms with E-state index in [-0.39, 0.29) is 22.8 Å². The Morgan fingerprint density at radius 1 is 0.976 bits per heavy atom. The maximum absolute atomic E-state index is 13.9. The fourth-order valence-corrected chi connectivity index (χ4v) is 5.80. The van der Waals surface area contributed by atoms with Crippen LogP contribution in [0.5, 0.6) is 0 Å². The van der Waals surface area contributed by atoms with E-state index in [0.29, 0.717) is 11.8 Å². The molecule has 1 saturated heterocycles. The van der Waals surface area contributed by atoms with E-state index < -0.39 is 44.6 Å². The third-order valence-electron chi connectivity index (χ3n) is 7.98. The lowest BCUT2D eigenvalue weighted by molar-refractivity contribution is -0.155. The zero-order valence-corrected chi connectivity index (χ0v) is 27.6. The molecule has 2 aromatic rings. The highest BCUT2D eigenvalue weighted by Crippen LogP contribution is 2.41. The first-order valence-corrected chi connectivity index (χ1v) is 17.4. The number of ketones is 1. The monoisotopic (exact) mass is 597 g/mol. The van der Waals surface area contributed by atoms with Crippen molar-refractivity contribution >= 4 is 26.5 Å². The smallest absolute Gasteiger partial charge is 0.408 e. The van der Waals surface area contributed by atoms with E-state index in [9.17, 15) is 14.4 Å². The number of ether oxygens (including phenoxy) is 3. The molecule has 8 nitrogen and oxygen atoms in total. The summed E-state index contributed by atoms with van der Waals surface area (Å²) >= 11 is 0. The predicted molar refractivity (Wildman–Crippen MR) is 165 cm³/mol. The largest absolute Gasteiger partial charge is 0.445 e. The van der Waals surface area contributed by atoms with Gasteiger partial charge in [0.05, 0.1) is 0 Å². The van der Waals surface area contributed by atoms with Gasteiger partial charge in [0, 0.05) is 5.56 Å². The standard InChI is InChI=1S/C33H47NO7Si/c1-31(2,3)24-18-16-23(17-19-24)26(36)28-29(40-33(7,8)39-28)27(41-42(9,10)32(4,5)6)25(20-35)34-30(37)38-21-22-14-12-11-13-15-22/h11-20,25,27-29H,21H2,1-10H3,(H,34,37)/t25-,27-,28-,29+/m1/s1. The van der Waals surface area contributed by atoms with Gasteiger partial charge < -0.3 is 28.7 Å². The Morgan fingerprint density at radius 2 is 1.57 bits per heavy atom. The molecule has 0 unspecified atom stereocenters. The van der Waals surface area contributed by atoms with Crippen molar-refractivity contribution in [1.29, 1.82) is 0 Å². The number of hydrogen-bond acceptors (Lipinski definition) is 7. The molecular formula is C33H47NO7Si. The first kappa shape index (κ1) is 33.6. The highest BCUT2D eigenvalue weighted by Gasteiger charge is 2.53. The molecule has 0 bridgehead atoms. The molecule has 230 valence electrons. The zero-order chi connectivity index (χ0) is 31.5. The summed E-state index contributed by atoms with van der Waals surface area (Å²) in [5.74, 6) is -1.42. The van der Waals surface area contributed by atoms with Crippen molar-refractivity contribution in [1.82, 2.24) is 5.32 Å². The third-order valence-corrected chi connectivity index (χ3v) is 12.5. The minimum atomic E-state index is -2.55. The van der Waals surface area contributed by atoms with Crippen LogP contribution in [-0.2, 0) is 35.5 Å². The number of nitrogens with one attached hydrogen (secondary N) is 1. The van der Waals surface area contributed by atoms with E-state index >= 15 is 0 Å². The van der Waals surface area contributed by atoms with E-state index in [1.807, 2.05) is 55.6 Å². The van der Waals surface area contributed by atoms with Crippen LogP contribution in [0.4, 0.5) is 4.79 Å². The first-order valence-electron chi connectivity index (χ1n) is 14.5. The van der Waals surface area contributed by atoms with Crippen molar-refractivity contribution in [3.8, 4) is 0 Å². The van der Waals surface area contributed by atoms with Crippen LogP contribution in [-0.4, -0.2) is 56.6 Å². The number of hydrogen-bond donors (Lipinski definition) is 1. The molecule has 42 heavy (non-hydrogen) atoms. The van der Waals surface area contributed by atoms with Gasteiger partial charge >= 0.3 is 6.09 Å². The molecule has 2 aromatic carbocycles. The summed E-state index contributed by atoms with van der Waals surface area (Å²) in [6, 6.07) is 15.5. The van der Waals surface area contributed by atoms with Gasteiger partial charge in [0.25, 0.3) is 0 Å². The summed E-state index contributed by atoms with van der Waals surface area (Å²) in [6.07, 6.45) is -3.24. The van der Waals surface area contributed by atoms with Gasteiger partial charge in [-0.25, -0.2) is 4.79 Å². The van der Waals surface area contributed by atoms with Gasteiger partial charge in [-0.1, -0.05) is 96.1 Å². The highest BCUT2D eigenvalue weighted by atomic mass is 28.4. The number of carbonyl (C=O) groups excluding carboxylic acids is 3. The Balaban J connectivity index is 1.94. The number of rotatable bonds is 10. The SMILES string of the molecule is CC1(C)O[C@@H]([C@H](O[Si](C)(C)C(C)(C)C)[C@@H](C=O)NC(=O)OCc2ccccc2)[C@@H](C(=O)c2ccc(C(C)(C)C)cc2)O1. The molecule has 1 fully saturated rings. The maximum Gasteiger partial charge on any atom is 0.408 e. The van der Waals surface area contributed by atoms with Gasteiger partial charge in [0.15, 0.2) is 26.0 Å². The fourth-order valence-electron chi connectivity index (χ4n) is 4.49. The first-order chi connectivity index (χ1) is 19.3. The van der Waals surface area contributed by atoms with E-state index in [2.05, 4.69) is 46.9 Å². The molecule has 0 saturated carbocycles. The number of aldehydes is 1. The molecule has 1 heterocycles. The van der Waals surface area contributed by atoms with Crippen LogP contribution in [0.2, 0.25) is 18.1 Å². The maximum atomic E-state index is 13.9. The lowest BCUT2D eigenvalue weighted by atomic mass is 9.86. The molecular weight excluding hydrogens is 550 g/mol. The molecule has 0 spiro atoms. The van der Waals surface area contributed by atoms with Crippen LogP contribution in [0.1, 0.15) is 76.9 Å². The molecule has 1 amide bonds. The second kappa shape index (κ2) is 12.8. The Morgan fingerprint density at radius 3 is 2.10 bits per heavy atom. The second-order valence-corrected chi connectivity index (χ2v) is 18.7. The summed E-state index contributed by atoms with van der Waals surface area (Å²) in [4.78, 5) is 39.4. The Kier molecular flexibility index (Phi) is 10.2. The van der Waals surface area contributed by atoms with Crippen LogP contribution in [0.3, 0.4) is 0 Å². The van der Waals surface area contributed by atoms with Gasteiger partial charge in [-0.05, 0) is 48.5 Å². The van der Waals surface area contributed by atoms with Crippen LogP contribution >= 0.6 is 0 Å². The van der Waals surface area contributed by atoms with Crippen LogP contribution in [0.15, 0.2) is 54.6 Å². The average molecular weight is 598 g/mol. The minimum absolute atomic E-state index is 0.0355. The van der Waals surface area contributed by atoms with Gasteiger partial charge in [-0.2, -0.15) is 0 Å². The molecule has 9 heteroatoms. The lowest BCUT2D eigenvalue weighted by Crippen LogP contribution is -2.59. The van der Waals surface area contributed by atoms with Gasteiger partial charge in [0.2, 0.25) is 0 Å². The Bertz CT molecular complexity index is 1230. The molecule has 4 atom stereocenters. The summed E-state index contributed by atoms with van der Waals surface area (Å²) in [6.45, 7) is 20.1. The number of Topliss-reactive ketones (excluding diaryl/α,β-unsaturated/α-hetero) is 1. The topological polar surface area (TPSA) is 100 Å². The van der Waals surface area contributed by atoms with E-state index in [0.717, 1.165) is 11.1 Å². The number of benzene rings is 2. The number of alkyl carbamates (subject to hydrolysis) is 1. The quantitative estimate of drug-likeness (QED) is 0.188. The molecule has 1 N–H and O–H groups in total. The fraction of sp³-hybridized carbons (Fsp3) is 0.545. The van der Waals surface area contributed by atoms with Crippen LogP contribution in [0, 0.1) is 0 Å².